The van der Waals surface area contributed by atoms with Crippen molar-refractivity contribution in [2.45, 2.75) is 0 Å². The minimum atomic E-state index is -0.0381. The zero-order chi connectivity index (χ0) is 15.8. The highest BCUT2D eigenvalue weighted by molar-refractivity contribution is 6.85. The standard InChI is InChI=1S/C19H17BN2O/c1-13(14-9-11-16(23-2)12-10-14)20-21-17-7-3-5-15-6-4-8-18(22-20)19(15)17/h3-12,21-22H,1H2,2H3. The van der Waals surface area contributed by atoms with Gasteiger partial charge in [-0.15, -0.1) is 0 Å². The van der Waals surface area contributed by atoms with Crippen LogP contribution in [0.4, 0.5) is 11.4 Å². The second kappa shape index (κ2) is 5.40. The molecule has 0 fully saturated rings. The fourth-order valence-electron chi connectivity index (χ4n) is 3.07. The van der Waals surface area contributed by atoms with E-state index in [1.165, 1.54) is 10.8 Å². The Labute approximate surface area is 136 Å². The Morgan fingerprint density at radius 1 is 0.913 bits per heavy atom. The summed E-state index contributed by atoms with van der Waals surface area (Å²) in [6, 6.07) is 20.6. The maximum Gasteiger partial charge on any atom is 0.406 e. The third-order valence-electron chi connectivity index (χ3n) is 4.31. The second-order valence-electron chi connectivity index (χ2n) is 5.68. The number of methoxy groups -OCH3 is 1. The van der Waals surface area contributed by atoms with Crippen LogP contribution in [-0.4, -0.2) is 14.1 Å². The largest absolute Gasteiger partial charge is 0.497 e. The first kappa shape index (κ1) is 13.8. The number of benzene rings is 3. The van der Waals surface area contributed by atoms with Gasteiger partial charge in [-0.25, -0.2) is 0 Å². The molecule has 0 amide bonds. The van der Waals surface area contributed by atoms with Crippen LogP contribution in [0.5, 0.6) is 5.75 Å². The summed E-state index contributed by atoms with van der Waals surface area (Å²) in [6.45, 7) is 4.24. The predicted molar refractivity (Wildman–Crippen MR) is 99.0 cm³/mol. The first-order valence-electron chi connectivity index (χ1n) is 7.64. The van der Waals surface area contributed by atoms with Crippen LogP contribution in [0.1, 0.15) is 5.56 Å². The summed E-state index contributed by atoms with van der Waals surface area (Å²) < 4.78 is 5.22. The van der Waals surface area contributed by atoms with Crippen LogP contribution in [-0.2, 0) is 0 Å². The summed E-state index contributed by atoms with van der Waals surface area (Å²) in [7, 11) is 1.67. The topological polar surface area (TPSA) is 33.3 Å². The lowest BCUT2D eigenvalue weighted by atomic mass is 9.63. The molecule has 0 unspecified atom stereocenters. The SMILES string of the molecule is C=C(B1Nc2cccc3cccc(c23)N1)c1ccc(OC)cc1. The molecule has 0 saturated heterocycles. The molecule has 1 aliphatic heterocycles. The Morgan fingerprint density at radius 2 is 1.52 bits per heavy atom. The fraction of sp³-hybridized carbons (Fsp3) is 0.0526. The van der Waals surface area contributed by atoms with E-state index in [1.807, 2.05) is 24.3 Å². The first-order valence-corrected chi connectivity index (χ1v) is 7.64. The van der Waals surface area contributed by atoms with Crippen molar-refractivity contribution in [2.24, 2.45) is 0 Å². The maximum absolute atomic E-state index is 5.22. The third kappa shape index (κ3) is 2.32. The Balaban J connectivity index is 1.68. The van der Waals surface area contributed by atoms with Gasteiger partial charge in [-0.2, -0.15) is 0 Å². The van der Waals surface area contributed by atoms with Gasteiger partial charge in [-0.05, 0) is 40.7 Å². The number of rotatable bonds is 3. The maximum atomic E-state index is 5.22. The molecule has 3 aromatic rings. The van der Waals surface area contributed by atoms with Gasteiger partial charge in [0.2, 0.25) is 0 Å². The quantitative estimate of drug-likeness (QED) is 0.702. The van der Waals surface area contributed by atoms with Crippen molar-refractivity contribution >= 4 is 34.6 Å². The van der Waals surface area contributed by atoms with E-state index >= 15 is 0 Å². The summed E-state index contributed by atoms with van der Waals surface area (Å²) in [6.07, 6.45) is 0. The van der Waals surface area contributed by atoms with Gasteiger partial charge < -0.3 is 15.2 Å². The van der Waals surface area contributed by atoms with Gasteiger partial charge in [0.15, 0.2) is 0 Å². The molecule has 0 saturated carbocycles. The average Bonchev–Trinajstić information content (AvgIpc) is 2.61. The molecule has 4 rings (SSSR count). The van der Waals surface area contributed by atoms with Gasteiger partial charge in [0.25, 0.3) is 0 Å². The summed E-state index contributed by atoms with van der Waals surface area (Å²) in [5.41, 5.74) is 4.36. The minimum absolute atomic E-state index is 0.0381. The molecule has 0 radical (unpaired) electrons. The van der Waals surface area contributed by atoms with Gasteiger partial charge in [0.05, 0.1) is 7.11 Å². The molecule has 0 spiro atoms. The first-order chi connectivity index (χ1) is 11.3. The zero-order valence-corrected chi connectivity index (χ0v) is 13.0. The van der Waals surface area contributed by atoms with Crippen LogP contribution in [0.15, 0.2) is 67.2 Å². The lowest BCUT2D eigenvalue weighted by Crippen LogP contribution is -2.38. The van der Waals surface area contributed by atoms with E-state index < -0.39 is 0 Å². The lowest BCUT2D eigenvalue weighted by molar-refractivity contribution is 0.415. The number of anilines is 2. The van der Waals surface area contributed by atoms with Crippen LogP contribution in [0, 0.1) is 0 Å². The molecule has 4 heteroatoms. The van der Waals surface area contributed by atoms with Crippen LogP contribution >= 0.6 is 0 Å². The second-order valence-corrected chi connectivity index (χ2v) is 5.68. The highest BCUT2D eigenvalue weighted by atomic mass is 16.5. The van der Waals surface area contributed by atoms with Crippen molar-refractivity contribution in [1.29, 1.82) is 0 Å². The Bertz CT molecular complexity index is 849. The fourth-order valence-corrected chi connectivity index (χ4v) is 3.07. The van der Waals surface area contributed by atoms with Gasteiger partial charge in [0, 0.05) is 16.8 Å². The van der Waals surface area contributed by atoms with Gasteiger partial charge in [0.1, 0.15) is 5.75 Å². The Morgan fingerprint density at radius 3 is 2.09 bits per heavy atom. The summed E-state index contributed by atoms with van der Waals surface area (Å²) in [5, 5.41) is 9.55. The number of nitrogens with one attached hydrogen (secondary N) is 2. The van der Waals surface area contributed by atoms with E-state index in [-0.39, 0.29) is 6.98 Å². The highest BCUT2D eigenvalue weighted by Gasteiger charge is 2.26. The van der Waals surface area contributed by atoms with E-state index in [9.17, 15) is 0 Å². The van der Waals surface area contributed by atoms with Crippen LogP contribution < -0.4 is 15.2 Å². The van der Waals surface area contributed by atoms with E-state index in [1.54, 1.807) is 7.11 Å². The number of hydrogen-bond acceptors (Lipinski definition) is 3. The molecule has 3 nitrogen and oxygen atoms in total. The van der Waals surface area contributed by atoms with Crippen molar-refractivity contribution in [3.8, 4) is 5.75 Å². The normalized spacial score (nSPS) is 12.5. The van der Waals surface area contributed by atoms with Crippen LogP contribution in [0.25, 0.3) is 16.2 Å². The summed E-state index contributed by atoms with van der Waals surface area (Å²) in [5.74, 6) is 0.848. The molecule has 3 aromatic carbocycles. The van der Waals surface area contributed by atoms with Crippen molar-refractivity contribution in [1.82, 2.24) is 0 Å². The molecular weight excluding hydrogens is 283 g/mol. The summed E-state index contributed by atoms with van der Waals surface area (Å²) in [4.78, 5) is 0. The van der Waals surface area contributed by atoms with Gasteiger partial charge in [-0.1, -0.05) is 43.0 Å². The molecule has 0 aliphatic carbocycles. The molecule has 1 heterocycles. The summed E-state index contributed by atoms with van der Waals surface area (Å²) >= 11 is 0. The molecular formula is C19H17BN2O. The van der Waals surface area contributed by atoms with Crippen LogP contribution in [0.3, 0.4) is 0 Å². The minimum Gasteiger partial charge on any atom is -0.497 e. The van der Waals surface area contributed by atoms with Crippen molar-refractivity contribution < 1.29 is 4.74 Å². The molecule has 2 N–H and O–H groups in total. The molecule has 112 valence electrons. The molecule has 23 heavy (non-hydrogen) atoms. The van der Waals surface area contributed by atoms with Crippen molar-refractivity contribution in [3.05, 3.63) is 72.8 Å². The van der Waals surface area contributed by atoms with E-state index in [2.05, 4.69) is 53.4 Å². The third-order valence-corrected chi connectivity index (χ3v) is 4.31. The van der Waals surface area contributed by atoms with E-state index in [0.29, 0.717) is 0 Å². The van der Waals surface area contributed by atoms with E-state index in [0.717, 1.165) is 28.2 Å². The molecule has 0 bridgehead atoms. The van der Waals surface area contributed by atoms with Crippen molar-refractivity contribution in [3.63, 3.8) is 0 Å². The smallest absolute Gasteiger partial charge is 0.406 e. The average molecular weight is 300 g/mol. The monoisotopic (exact) mass is 300 g/mol. The lowest BCUT2D eigenvalue weighted by Gasteiger charge is -2.28. The highest BCUT2D eigenvalue weighted by Crippen LogP contribution is 2.35. The number of ether oxygens (including phenoxy) is 1. The Kier molecular flexibility index (Phi) is 3.23. The van der Waals surface area contributed by atoms with Crippen LogP contribution in [0.2, 0.25) is 0 Å². The predicted octanol–water partition coefficient (Wildman–Crippen LogP) is 4.43. The van der Waals surface area contributed by atoms with Gasteiger partial charge >= 0.3 is 6.98 Å². The molecule has 0 atom stereocenters. The Hall–Kier alpha value is -2.88. The zero-order valence-electron chi connectivity index (χ0n) is 13.0. The number of hydrogen-bond donors (Lipinski definition) is 2. The molecule has 1 aliphatic rings. The van der Waals surface area contributed by atoms with Gasteiger partial charge in [-0.3, -0.25) is 0 Å². The van der Waals surface area contributed by atoms with E-state index in [4.69, 9.17) is 4.74 Å². The molecule has 0 aromatic heterocycles. The van der Waals surface area contributed by atoms with Crippen molar-refractivity contribution in [2.75, 3.05) is 17.6 Å².